The number of nitrogens with zero attached hydrogens (tertiary/aromatic N) is 6. The number of halogens is 1. The third-order valence-electron chi connectivity index (χ3n) is 6.39. The number of aryl methyl sites for hydroxylation is 2. The number of piperazine rings is 1. The van der Waals surface area contributed by atoms with Crippen LogP contribution >= 0.6 is 0 Å². The molecule has 30 heavy (non-hydrogen) atoms. The van der Waals surface area contributed by atoms with Crippen LogP contribution in [0.3, 0.4) is 0 Å². The van der Waals surface area contributed by atoms with Gasteiger partial charge in [0, 0.05) is 31.2 Å². The number of pyridine rings is 2. The number of rotatable bonds is 5. The maximum Gasteiger partial charge on any atom is 0.226 e. The minimum atomic E-state index is -0.282. The molecule has 0 aromatic carbocycles. The van der Waals surface area contributed by atoms with Crippen molar-refractivity contribution in [3.05, 3.63) is 53.9 Å². The number of hydrogen-bond donors (Lipinski definition) is 0. The fraction of sp³-hybridized carbons (Fsp3) is 0.455. The fourth-order valence-corrected chi connectivity index (χ4v) is 4.78. The molecule has 0 spiro atoms. The van der Waals surface area contributed by atoms with Crippen LogP contribution in [0.5, 0.6) is 0 Å². The van der Waals surface area contributed by atoms with Gasteiger partial charge in [-0.2, -0.15) is 5.10 Å². The lowest BCUT2D eigenvalue weighted by Crippen LogP contribution is -2.51. The minimum absolute atomic E-state index is 0.0767. The first-order chi connectivity index (χ1) is 14.6. The summed E-state index contributed by atoms with van der Waals surface area (Å²) in [4.78, 5) is 25.6. The van der Waals surface area contributed by atoms with Gasteiger partial charge in [0.15, 0.2) is 5.65 Å². The third kappa shape index (κ3) is 3.40. The van der Waals surface area contributed by atoms with Crippen LogP contribution in [0.25, 0.3) is 5.65 Å². The number of fused-ring (bicyclic) bond motifs is 2. The quantitative estimate of drug-likeness (QED) is 0.649. The van der Waals surface area contributed by atoms with E-state index in [2.05, 4.69) is 26.0 Å². The largest absolute Gasteiger partial charge is 0.353 e. The van der Waals surface area contributed by atoms with E-state index in [-0.39, 0.29) is 23.7 Å². The normalized spacial score (nSPS) is 21.5. The molecule has 8 heteroatoms. The van der Waals surface area contributed by atoms with Gasteiger partial charge >= 0.3 is 0 Å². The van der Waals surface area contributed by atoms with Gasteiger partial charge in [-0.3, -0.25) is 4.79 Å². The van der Waals surface area contributed by atoms with Gasteiger partial charge in [-0.15, -0.1) is 0 Å². The van der Waals surface area contributed by atoms with Crippen LogP contribution in [0.1, 0.15) is 30.5 Å². The molecule has 3 aromatic heterocycles. The Kier molecular flexibility index (Phi) is 4.84. The van der Waals surface area contributed by atoms with E-state index in [1.165, 1.54) is 6.20 Å². The van der Waals surface area contributed by atoms with Gasteiger partial charge in [-0.1, -0.05) is 6.07 Å². The van der Waals surface area contributed by atoms with Crippen LogP contribution in [0.15, 0.2) is 36.8 Å². The summed E-state index contributed by atoms with van der Waals surface area (Å²) in [5.41, 5.74) is 2.58. The van der Waals surface area contributed by atoms with E-state index >= 15 is 0 Å². The summed E-state index contributed by atoms with van der Waals surface area (Å²) in [5, 5.41) is 4.29. The van der Waals surface area contributed by atoms with Gasteiger partial charge in [-0.05, 0) is 56.4 Å². The number of carbonyl (C=O) groups excluding carboxylic acids is 1. The minimum Gasteiger partial charge on any atom is -0.353 e. The molecule has 0 saturated carbocycles. The molecule has 7 nitrogen and oxygen atoms in total. The number of amides is 1. The molecule has 156 valence electrons. The Morgan fingerprint density at radius 2 is 2.13 bits per heavy atom. The first-order valence-corrected chi connectivity index (χ1v) is 10.6. The van der Waals surface area contributed by atoms with E-state index in [1.807, 2.05) is 21.5 Å². The molecule has 5 heterocycles. The maximum absolute atomic E-state index is 13.5. The van der Waals surface area contributed by atoms with E-state index in [4.69, 9.17) is 0 Å². The van der Waals surface area contributed by atoms with E-state index in [0.717, 1.165) is 55.9 Å². The predicted molar refractivity (Wildman–Crippen MR) is 111 cm³/mol. The van der Waals surface area contributed by atoms with Crippen molar-refractivity contribution in [2.75, 3.05) is 24.5 Å². The van der Waals surface area contributed by atoms with E-state index in [9.17, 15) is 9.18 Å². The van der Waals surface area contributed by atoms with Crippen LogP contribution in [-0.2, 0) is 11.2 Å². The lowest BCUT2D eigenvalue weighted by Gasteiger charge is -2.38. The summed E-state index contributed by atoms with van der Waals surface area (Å²) in [6.07, 6.45) is 6.43. The molecule has 0 unspecified atom stereocenters. The van der Waals surface area contributed by atoms with Crippen LogP contribution < -0.4 is 4.90 Å². The number of carbonyl (C=O) groups is 1. The lowest BCUT2D eigenvalue weighted by molar-refractivity contribution is -0.132. The Morgan fingerprint density at radius 3 is 3.00 bits per heavy atom. The highest BCUT2D eigenvalue weighted by Gasteiger charge is 2.42. The highest BCUT2D eigenvalue weighted by atomic mass is 19.1. The van der Waals surface area contributed by atoms with Crippen molar-refractivity contribution in [1.29, 1.82) is 0 Å². The Balaban J connectivity index is 1.20. The zero-order valence-electron chi connectivity index (χ0n) is 17.0. The second kappa shape index (κ2) is 7.66. The van der Waals surface area contributed by atoms with Gasteiger partial charge in [0.25, 0.3) is 0 Å². The maximum atomic E-state index is 13.5. The first-order valence-electron chi connectivity index (χ1n) is 10.6. The average molecular weight is 408 g/mol. The average Bonchev–Trinajstić information content (AvgIpc) is 3.35. The van der Waals surface area contributed by atoms with E-state index in [0.29, 0.717) is 12.1 Å². The van der Waals surface area contributed by atoms with Crippen molar-refractivity contribution < 1.29 is 9.18 Å². The van der Waals surface area contributed by atoms with Crippen LogP contribution in [0.4, 0.5) is 10.2 Å². The van der Waals surface area contributed by atoms with Gasteiger partial charge in [0.2, 0.25) is 5.91 Å². The fourth-order valence-electron chi connectivity index (χ4n) is 4.78. The Hall–Kier alpha value is -3.03. The van der Waals surface area contributed by atoms with Crippen LogP contribution in [0.2, 0.25) is 0 Å². The molecule has 0 radical (unpaired) electrons. The van der Waals surface area contributed by atoms with Gasteiger partial charge < -0.3 is 9.80 Å². The Morgan fingerprint density at radius 1 is 1.23 bits per heavy atom. The molecule has 0 N–H and O–H groups in total. The third-order valence-corrected chi connectivity index (χ3v) is 6.39. The van der Waals surface area contributed by atoms with Crippen molar-refractivity contribution in [2.45, 2.75) is 38.6 Å². The molecule has 0 bridgehead atoms. The first kappa shape index (κ1) is 19.0. The van der Waals surface area contributed by atoms with Crippen molar-refractivity contribution in [3.63, 3.8) is 0 Å². The van der Waals surface area contributed by atoms with Crippen molar-refractivity contribution in [3.8, 4) is 0 Å². The lowest BCUT2D eigenvalue weighted by atomic mass is 9.97. The molecule has 3 aromatic rings. The molecule has 1 amide bonds. The van der Waals surface area contributed by atoms with Gasteiger partial charge in [0.1, 0.15) is 18.0 Å². The van der Waals surface area contributed by atoms with E-state index in [1.54, 1.807) is 19.3 Å². The second-order valence-corrected chi connectivity index (χ2v) is 8.30. The molecule has 2 saturated heterocycles. The van der Waals surface area contributed by atoms with E-state index < -0.39 is 0 Å². The monoisotopic (exact) mass is 408 g/mol. The van der Waals surface area contributed by atoms with Crippen molar-refractivity contribution >= 4 is 17.4 Å². The molecular weight excluding hydrogens is 383 g/mol. The van der Waals surface area contributed by atoms with Gasteiger partial charge in [-0.25, -0.2) is 18.9 Å². The number of hydrogen-bond acceptors (Lipinski definition) is 5. The zero-order chi connectivity index (χ0) is 20.7. The highest BCUT2D eigenvalue weighted by Crippen LogP contribution is 2.32. The summed E-state index contributed by atoms with van der Waals surface area (Å²) < 4.78 is 15.4. The van der Waals surface area contributed by atoms with Crippen LogP contribution in [-0.4, -0.2) is 56.1 Å². The Bertz CT molecular complexity index is 1080. The summed E-state index contributed by atoms with van der Waals surface area (Å²) in [5.74, 6) is 0.870. The summed E-state index contributed by atoms with van der Waals surface area (Å²) in [6.45, 7) is 3.96. The second-order valence-electron chi connectivity index (χ2n) is 8.30. The molecular formula is C22H25FN6O. The zero-order valence-corrected chi connectivity index (χ0v) is 17.0. The van der Waals surface area contributed by atoms with Crippen molar-refractivity contribution in [1.82, 2.24) is 24.5 Å². The topological polar surface area (TPSA) is 66.6 Å². The predicted octanol–water partition coefficient (Wildman–Crippen LogP) is 2.63. The summed E-state index contributed by atoms with van der Waals surface area (Å²) in [7, 11) is 0. The molecule has 0 aliphatic carbocycles. The summed E-state index contributed by atoms with van der Waals surface area (Å²) >= 11 is 0. The highest BCUT2D eigenvalue weighted by molar-refractivity contribution is 5.82. The number of aromatic nitrogens is 4. The number of anilines is 1. The molecule has 2 fully saturated rings. The molecule has 5 rings (SSSR count). The Labute approximate surface area is 174 Å². The standard InChI is InChI=1S/C22H25FN6O/c1-15-10-21(24-12-19(15)23)27-8-9-28-18(13-27)11-16(22(28)30)4-2-5-17-6-3-7-20-25-14-26-29(17)20/h3,6-7,10,12,14,16,18H,2,4-5,8-9,11,13H2,1H3/t16-,18-/m0/s1. The van der Waals surface area contributed by atoms with Gasteiger partial charge in [0.05, 0.1) is 12.2 Å². The smallest absolute Gasteiger partial charge is 0.226 e. The molecule has 2 aliphatic heterocycles. The SMILES string of the molecule is Cc1cc(N2CCN3C(=O)[C@@H](CCCc4cccc5ncnn45)C[C@H]3C2)ncc1F. The van der Waals surface area contributed by atoms with Crippen molar-refractivity contribution in [2.24, 2.45) is 5.92 Å². The molecule has 2 aliphatic rings. The summed E-state index contributed by atoms with van der Waals surface area (Å²) in [6, 6.07) is 8.02. The van der Waals surface area contributed by atoms with Crippen LogP contribution in [0, 0.1) is 18.7 Å². The molecule has 2 atom stereocenters.